The predicted octanol–water partition coefficient (Wildman–Crippen LogP) is 3.28. The molecule has 1 atom stereocenters. The normalized spacial score (nSPS) is 13.7. The van der Waals surface area contributed by atoms with E-state index < -0.39 is 0 Å². The van der Waals surface area contributed by atoms with E-state index >= 15 is 0 Å². The zero-order valence-corrected chi connectivity index (χ0v) is 12.1. The first-order chi connectivity index (χ1) is 7.67. The molecule has 0 bridgehead atoms. The second-order valence-electron chi connectivity index (χ2n) is 4.90. The first kappa shape index (κ1) is 15.9. The summed E-state index contributed by atoms with van der Waals surface area (Å²) in [5.74, 6) is 0. The van der Waals surface area contributed by atoms with Crippen molar-refractivity contribution in [1.82, 2.24) is 10.2 Å². The summed E-state index contributed by atoms with van der Waals surface area (Å²) in [7, 11) is 2.26. The van der Waals surface area contributed by atoms with Gasteiger partial charge in [-0.1, -0.05) is 33.6 Å². The van der Waals surface area contributed by atoms with Crippen LogP contribution >= 0.6 is 0 Å². The molecule has 0 aromatic heterocycles. The molecule has 0 saturated heterocycles. The van der Waals surface area contributed by atoms with E-state index in [1.807, 2.05) is 0 Å². The van der Waals surface area contributed by atoms with Crippen LogP contribution in [0.4, 0.5) is 0 Å². The van der Waals surface area contributed by atoms with Crippen LogP contribution < -0.4 is 5.32 Å². The Labute approximate surface area is 103 Å². The zero-order chi connectivity index (χ0) is 12.4. The summed E-state index contributed by atoms with van der Waals surface area (Å²) in [6.07, 6.45) is 6.49. The monoisotopic (exact) mass is 228 g/mol. The minimum absolute atomic E-state index is 0.645. The maximum atomic E-state index is 3.56. The van der Waals surface area contributed by atoms with Crippen LogP contribution in [0.1, 0.15) is 59.8 Å². The van der Waals surface area contributed by atoms with Crippen molar-refractivity contribution in [3.05, 3.63) is 0 Å². The smallest absolute Gasteiger partial charge is 0.0192 e. The third-order valence-electron chi connectivity index (χ3n) is 3.61. The molecule has 2 nitrogen and oxygen atoms in total. The van der Waals surface area contributed by atoms with Crippen LogP contribution in [0.15, 0.2) is 0 Å². The van der Waals surface area contributed by atoms with E-state index in [1.54, 1.807) is 0 Å². The van der Waals surface area contributed by atoms with Gasteiger partial charge in [0.1, 0.15) is 0 Å². The van der Waals surface area contributed by atoms with E-state index in [4.69, 9.17) is 0 Å². The molecule has 0 aliphatic carbocycles. The summed E-state index contributed by atoms with van der Waals surface area (Å²) in [6, 6.07) is 1.39. The van der Waals surface area contributed by atoms with Crippen molar-refractivity contribution in [2.45, 2.75) is 71.9 Å². The van der Waals surface area contributed by atoms with Gasteiger partial charge < -0.3 is 5.32 Å². The third kappa shape index (κ3) is 6.49. The molecular weight excluding hydrogens is 196 g/mol. The predicted molar refractivity (Wildman–Crippen MR) is 74.0 cm³/mol. The molecule has 0 aromatic carbocycles. The molecule has 1 unspecified atom stereocenters. The number of nitrogens with one attached hydrogen (secondary N) is 1. The number of nitrogens with zero attached hydrogens (tertiary/aromatic N) is 1. The fraction of sp³-hybridized carbons (Fsp3) is 1.00. The van der Waals surface area contributed by atoms with Gasteiger partial charge in [-0.15, -0.1) is 0 Å². The van der Waals surface area contributed by atoms with Crippen molar-refractivity contribution in [3.8, 4) is 0 Å². The van der Waals surface area contributed by atoms with E-state index in [9.17, 15) is 0 Å². The number of unbranched alkanes of at least 4 members (excludes halogenated alkanes) is 2. The fourth-order valence-corrected chi connectivity index (χ4v) is 2.18. The molecular formula is C14H32N2. The van der Waals surface area contributed by atoms with Crippen molar-refractivity contribution < 1.29 is 0 Å². The van der Waals surface area contributed by atoms with E-state index in [2.05, 4.69) is 45.0 Å². The molecule has 0 aromatic rings. The highest BCUT2D eigenvalue weighted by molar-refractivity contribution is 4.73. The van der Waals surface area contributed by atoms with E-state index in [1.165, 1.54) is 38.6 Å². The van der Waals surface area contributed by atoms with Gasteiger partial charge in [0.15, 0.2) is 0 Å². The lowest BCUT2D eigenvalue weighted by atomic mass is 10.1. The molecule has 0 fully saturated rings. The SMILES string of the molecule is CCCCCNCC(C)N(C)C(CC)CC. The molecule has 0 heterocycles. The molecule has 1 N–H and O–H groups in total. The van der Waals surface area contributed by atoms with Crippen molar-refractivity contribution in [2.24, 2.45) is 0 Å². The minimum atomic E-state index is 0.645. The molecule has 0 aliphatic rings. The van der Waals surface area contributed by atoms with Gasteiger partial charge in [-0.3, -0.25) is 4.90 Å². The Kier molecular flexibility index (Phi) is 10.0. The number of hydrogen-bond donors (Lipinski definition) is 1. The van der Waals surface area contributed by atoms with Crippen LogP contribution in [0.2, 0.25) is 0 Å². The van der Waals surface area contributed by atoms with Crippen LogP contribution in [-0.4, -0.2) is 37.1 Å². The maximum Gasteiger partial charge on any atom is 0.0192 e. The molecule has 0 aliphatic heterocycles. The summed E-state index contributed by atoms with van der Waals surface area (Å²) >= 11 is 0. The quantitative estimate of drug-likeness (QED) is 0.577. The van der Waals surface area contributed by atoms with Gasteiger partial charge in [0.2, 0.25) is 0 Å². The topological polar surface area (TPSA) is 15.3 Å². The Morgan fingerprint density at radius 1 is 1.06 bits per heavy atom. The lowest BCUT2D eigenvalue weighted by Gasteiger charge is -2.32. The molecule has 0 radical (unpaired) electrons. The lowest BCUT2D eigenvalue weighted by Crippen LogP contribution is -2.43. The van der Waals surface area contributed by atoms with E-state index in [0.29, 0.717) is 6.04 Å². The Bertz CT molecular complexity index is 144. The van der Waals surface area contributed by atoms with Gasteiger partial charge in [0, 0.05) is 18.6 Å². The van der Waals surface area contributed by atoms with Crippen LogP contribution in [0.3, 0.4) is 0 Å². The number of rotatable bonds is 10. The fourth-order valence-electron chi connectivity index (χ4n) is 2.18. The first-order valence-electron chi connectivity index (χ1n) is 7.09. The molecule has 0 amide bonds. The average molecular weight is 228 g/mol. The van der Waals surface area contributed by atoms with Gasteiger partial charge in [0.05, 0.1) is 0 Å². The molecule has 2 heteroatoms. The van der Waals surface area contributed by atoms with Gasteiger partial charge in [-0.2, -0.15) is 0 Å². The van der Waals surface area contributed by atoms with Crippen molar-refractivity contribution in [3.63, 3.8) is 0 Å². The standard InChI is InChI=1S/C14H32N2/c1-6-9-10-11-15-12-13(4)16(5)14(7-2)8-3/h13-15H,6-12H2,1-5H3. The van der Waals surface area contributed by atoms with Crippen LogP contribution in [-0.2, 0) is 0 Å². The number of hydrogen-bond acceptors (Lipinski definition) is 2. The van der Waals surface area contributed by atoms with Gasteiger partial charge >= 0.3 is 0 Å². The summed E-state index contributed by atoms with van der Waals surface area (Å²) in [4.78, 5) is 2.52. The molecule has 16 heavy (non-hydrogen) atoms. The van der Waals surface area contributed by atoms with E-state index in [0.717, 1.165) is 12.6 Å². The summed E-state index contributed by atoms with van der Waals surface area (Å²) in [5, 5.41) is 3.56. The Balaban J connectivity index is 3.65. The Hall–Kier alpha value is -0.0800. The van der Waals surface area contributed by atoms with Crippen molar-refractivity contribution in [2.75, 3.05) is 20.1 Å². The van der Waals surface area contributed by atoms with Crippen molar-refractivity contribution in [1.29, 1.82) is 0 Å². The van der Waals surface area contributed by atoms with Crippen LogP contribution in [0.25, 0.3) is 0 Å². The minimum Gasteiger partial charge on any atom is -0.315 e. The first-order valence-corrected chi connectivity index (χ1v) is 7.09. The average Bonchev–Trinajstić information content (AvgIpc) is 2.30. The molecule has 98 valence electrons. The summed E-state index contributed by atoms with van der Waals surface area (Å²) in [5.41, 5.74) is 0. The van der Waals surface area contributed by atoms with Crippen LogP contribution in [0.5, 0.6) is 0 Å². The molecule has 0 rings (SSSR count). The second-order valence-corrected chi connectivity index (χ2v) is 4.90. The maximum absolute atomic E-state index is 3.56. The summed E-state index contributed by atoms with van der Waals surface area (Å²) < 4.78 is 0. The zero-order valence-electron chi connectivity index (χ0n) is 12.1. The van der Waals surface area contributed by atoms with Gasteiger partial charge in [-0.05, 0) is 39.8 Å². The second kappa shape index (κ2) is 10.1. The lowest BCUT2D eigenvalue weighted by molar-refractivity contribution is 0.171. The van der Waals surface area contributed by atoms with E-state index in [-0.39, 0.29) is 0 Å². The number of likely N-dealkylation sites (N-methyl/N-ethyl adjacent to an activating group) is 1. The highest BCUT2D eigenvalue weighted by Gasteiger charge is 2.15. The summed E-state index contributed by atoms with van der Waals surface area (Å²) in [6.45, 7) is 11.4. The Morgan fingerprint density at radius 3 is 2.19 bits per heavy atom. The van der Waals surface area contributed by atoms with Crippen LogP contribution in [0, 0.1) is 0 Å². The largest absolute Gasteiger partial charge is 0.315 e. The Morgan fingerprint density at radius 2 is 1.69 bits per heavy atom. The molecule has 0 spiro atoms. The highest BCUT2D eigenvalue weighted by Crippen LogP contribution is 2.09. The van der Waals surface area contributed by atoms with Crippen molar-refractivity contribution >= 4 is 0 Å². The molecule has 0 saturated carbocycles. The highest BCUT2D eigenvalue weighted by atomic mass is 15.2. The van der Waals surface area contributed by atoms with Gasteiger partial charge in [0.25, 0.3) is 0 Å². The third-order valence-corrected chi connectivity index (χ3v) is 3.61. The van der Waals surface area contributed by atoms with Gasteiger partial charge in [-0.25, -0.2) is 0 Å².